The minimum Gasteiger partial charge on any atom is -0.368 e. The van der Waals surface area contributed by atoms with Gasteiger partial charge in [0.05, 0.1) is 30.2 Å². The van der Waals surface area contributed by atoms with Crippen LogP contribution in [0.4, 0.5) is 11.5 Å². The molecule has 8 nitrogen and oxygen atoms in total. The Bertz CT molecular complexity index is 1180. The Morgan fingerprint density at radius 1 is 1.43 bits per heavy atom. The van der Waals surface area contributed by atoms with Gasteiger partial charge in [0.15, 0.2) is 11.6 Å². The van der Waals surface area contributed by atoms with Crippen molar-refractivity contribution < 1.29 is 9.53 Å². The molecule has 0 spiro atoms. The molecular weight excluding hydrogens is 406 g/mol. The van der Waals surface area contributed by atoms with Gasteiger partial charge in [-0.1, -0.05) is 11.6 Å². The second-order valence-corrected chi connectivity index (χ2v) is 7.90. The Balaban J connectivity index is 1.81. The molecule has 4 rings (SSSR count). The third-order valence-electron chi connectivity index (χ3n) is 5.45. The molecule has 0 aliphatic carbocycles. The normalized spacial score (nSPS) is 21.3. The number of Topliss-reactive ketones (excluding diaryl/α,β-unsaturated/α-hetero) is 1. The number of benzene rings is 1. The van der Waals surface area contributed by atoms with Gasteiger partial charge in [-0.2, -0.15) is 10.4 Å². The molecule has 1 saturated heterocycles. The van der Waals surface area contributed by atoms with Gasteiger partial charge >= 0.3 is 0 Å². The van der Waals surface area contributed by atoms with Crippen LogP contribution in [-0.4, -0.2) is 33.3 Å². The molecule has 1 aromatic carbocycles. The second kappa shape index (κ2) is 7.94. The summed E-state index contributed by atoms with van der Waals surface area (Å²) in [5.41, 5.74) is 0.253. The van der Waals surface area contributed by atoms with Gasteiger partial charge in [0.2, 0.25) is 0 Å². The third-order valence-corrected chi connectivity index (χ3v) is 5.70. The van der Waals surface area contributed by atoms with E-state index in [0.29, 0.717) is 34.6 Å². The molecule has 0 bridgehead atoms. The fourth-order valence-electron chi connectivity index (χ4n) is 3.86. The fourth-order valence-corrected chi connectivity index (χ4v) is 3.98. The largest absolute Gasteiger partial charge is 0.368 e. The van der Waals surface area contributed by atoms with Crippen LogP contribution in [0.5, 0.6) is 0 Å². The Hall–Kier alpha value is -3.15. The predicted octanol–water partition coefficient (Wildman–Crippen LogP) is 3.50. The number of ether oxygens (including phenoxy) is 1. The molecular formula is C21H20ClN5O3. The Morgan fingerprint density at radius 3 is 2.83 bits per heavy atom. The van der Waals surface area contributed by atoms with E-state index in [4.69, 9.17) is 16.3 Å². The zero-order chi connectivity index (χ0) is 21.3. The number of carbonyl (C=O) groups is 1. The molecule has 2 atom stereocenters. The first kappa shape index (κ1) is 20.1. The van der Waals surface area contributed by atoms with Crippen LogP contribution in [0.1, 0.15) is 26.2 Å². The Labute approximate surface area is 177 Å². The highest BCUT2D eigenvalue weighted by Crippen LogP contribution is 2.37. The predicted molar refractivity (Wildman–Crippen MR) is 113 cm³/mol. The number of nitrogens with zero attached hydrogens (tertiary/aromatic N) is 3. The number of nitrogens with one attached hydrogen (secondary N) is 2. The molecule has 2 aromatic heterocycles. The molecule has 0 amide bonds. The summed E-state index contributed by atoms with van der Waals surface area (Å²) < 4.78 is 7.50. The lowest BCUT2D eigenvalue weighted by molar-refractivity contribution is -0.136. The smallest absolute Gasteiger partial charge is 0.261 e. The number of rotatable bonds is 5. The summed E-state index contributed by atoms with van der Waals surface area (Å²) in [5.74, 6) is 0.340. The van der Waals surface area contributed by atoms with Crippen molar-refractivity contribution in [2.75, 3.05) is 11.9 Å². The number of carbonyl (C=O) groups excluding carboxylic acids is 1. The summed E-state index contributed by atoms with van der Waals surface area (Å²) in [6.45, 7) is 1.66. The van der Waals surface area contributed by atoms with E-state index in [0.717, 1.165) is 5.69 Å². The molecule has 1 aliphatic rings. The maximum Gasteiger partial charge on any atom is 0.261 e. The quantitative estimate of drug-likeness (QED) is 0.646. The molecule has 1 aliphatic heterocycles. The first-order valence-electron chi connectivity index (χ1n) is 9.56. The van der Waals surface area contributed by atoms with E-state index in [2.05, 4.69) is 21.5 Å². The van der Waals surface area contributed by atoms with Crippen LogP contribution >= 0.6 is 11.6 Å². The van der Waals surface area contributed by atoms with Crippen molar-refractivity contribution in [2.45, 2.75) is 37.8 Å². The topological polar surface area (TPSA) is 113 Å². The van der Waals surface area contributed by atoms with Crippen molar-refractivity contribution >= 4 is 39.8 Å². The number of aromatic nitrogens is 3. The number of nitriles is 1. The highest BCUT2D eigenvalue weighted by atomic mass is 35.5. The van der Waals surface area contributed by atoms with E-state index in [1.165, 1.54) is 6.92 Å². The zero-order valence-electron chi connectivity index (χ0n) is 16.3. The van der Waals surface area contributed by atoms with Crippen LogP contribution in [0.3, 0.4) is 0 Å². The van der Waals surface area contributed by atoms with Gasteiger partial charge in [0, 0.05) is 16.9 Å². The van der Waals surface area contributed by atoms with E-state index in [1.54, 1.807) is 41.2 Å². The minimum atomic E-state index is -0.771. The number of hydrogen-bond acceptors (Lipinski definition) is 6. The van der Waals surface area contributed by atoms with E-state index in [1.807, 2.05) is 0 Å². The number of hydrogen-bond donors (Lipinski definition) is 2. The van der Waals surface area contributed by atoms with E-state index < -0.39 is 11.6 Å². The van der Waals surface area contributed by atoms with Crippen LogP contribution in [-0.2, 0) is 15.1 Å². The van der Waals surface area contributed by atoms with E-state index in [9.17, 15) is 14.9 Å². The number of fused-ring (bicyclic) bond motifs is 1. The average Bonchev–Trinajstić information content (AvgIpc) is 3.10. The Kier molecular flexibility index (Phi) is 5.33. The van der Waals surface area contributed by atoms with Crippen LogP contribution < -0.4 is 10.9 Å². The number of pyridine rings is 1. The lowest BCUT2D eigenvalue weighted by Crippen LogP contribution is -2.46. The number of anilines is 2. The first-order valence-corrected chi connectivity index (χ1v) is 9.94. The summed E-state index contributed by atoms with van der Waals surface area (Å²) in [5, 5.41) is 18.4. The SMILES string of the molecule is CC(=O)C1CC[C@@](CC#N)(n2nc(Nc3ccc(Cl)cc3)c3c(=O)[nH]ccc32)CO1. The van der Waals surface area contributed by atoms with Crippen LogP contribution in [0, 0.1) is 11.3 Å². The maximum atomic E-state index is 12.6. The minimum absolute atomic E-state index is 0.0348. The van der Waals surface area contributed by atoms with Crippen LogP contribution in [0.2, 0.25) is 5.02 Å². The highest BCUT2D eigenvalue weighted by Gasteiger charge is 2.41. The summed E-state index contributed by atoms with van der Waals surface area (Å²) in [6.07, 6.45) is 2.24. The molecule has 2 N–H and O–H groups in total. The van der Waals surface area contributed by atoms with Gasteiger partial charge in [0.1, 0.15) is 11.5 Å². The molecule has 9 heteroatoms. The van der Waals surface area contributed by atoms with Gasteiger partial charge in [-0.3, -0.25) is 14.3 Å². The lowest BCUT2D eigenvalue weighted by atomic mass is 9.86. The van der Waals surface area contributed by atoms with Crippen molar-refractivity contribution in [1.29, 1.82) is 5.26 Å². The number of halogens is 1. The first-order chi connectivity index (χ1) is 14.4. The maximum absolute atomic E-state index is 12.6. The van der Waals surface area contributed by atoms with Gasteiger partial charge in [-0.15, -0.1) is 0 Å². The number of ketones is 1. The lowest BCUT2D eigenvalue weighted by Gasteiger charge is -2.38. The molecule has 3 heterocycles. The summed E-state index contributed by atoms with van der Waals surface area (Å²) >= 11 is 5.96. The standard InChI is InChI=1S/C21H20ClN5O3/c1-13(28)17-6-8-21(9-10-23,12-30-17)27-16-7-11-24-20(29)18(16)19(26-27)25-15-4-2-14(22)3-5-15/h2-5,7,11,17H,6,8-9,12H2,1H3,(H,24,29)(H,25,26)/t17?,21-/m0/s1. The van der Waals surface area contributed by atoms with Crippen molar-refractivity contribution in [3.8, 4) is 6.07 Å². The van der Waals surface area contributed by atoms with Crippen molar-refractivity contribution in [2.24, 2.45) is 0 Å². The van der Waals surface area contributed by atoms with Crippen molar-refractivity contribution in [1.82, 2.24) is 14.8 Å². The van der Waals surface area contributed by atoms with Crippen LogP contribution in [0.25, 0.3) is 10.9 Å². The van der Waals surface area contributed by atoms with Crippen molar-refractivity contribution in [3.05, 3.63) is 51.9 Å². The fraction of sp³-hybridized carbons (Fsp3) is 0.333. The van der Waals surface area contributed by atoms with Gasteiger partial charge in [-0.25, -0.2) is 0 Å². The molecule has 1 fully saturated rings. The molecule has 30 heavy (non-hydrogen) atoms. The molecule has 3 aromatic rings. The van der Waals surface area contributed by atoms with Gasteiger partial charge in [-0.05, 0) is 50.1 Å². The monoisotopic (exact) mass is 425 g/mol. The van der Waals surface area contributed by atoms with E-state index >= 15 is 0 Å². The van der Waals surface area contributed by atoms with Crippen molar-refractivity contribution in [3.63, 3.8) is 0 Å². The number of H-pyrrole nitrogens is 1. The third kappa shape index (κ3) is 3.58. The zero-order valence-corrected chi connectivity index (χ0v) is 17.1. The summed E-state index contributed by atoms with van der Waals surface area (Å²) in [7, 11) is 0. The van der Waals surface area contributed by atoms with Crippen LogP contribution in [0.15, 0.2) is 41.3 Å². The molecule has 154 valence electrons. The molecule has 1 unspecified atom stereocenters. The number of aromatic amines is 1. The summed E-state index contributed by atoms with van der Waals surface area (Å²) in [4.78, 5) is 27.0. The Morgan fingerprint density at radius 2 is 2.20 bits per heavy atom. The average molecular weight is 426 g/mol. The molecule has 0 radical (unpaired) electrons. The molecule has 0 saturated carbocycles. The van der Waals surface area contributed by atoms with Gasteiger partial charge in [0.25, 0.3) is 5.56 Å². The second-order valence-electron chi connectivity index (χ2n) is 7.47. The van der Waals surface area contributed by atoms with E-state index in [-0.39, 0.29) is 24.4 Å². The highest BCUT2D eigenvalue weighted by molar-refractivity contribution is 6.30. The van der Waals surface area contributed by atoms with Gasteiger partial charge < -0.3 is 15.0 Å². The summed E-state index contributed by atoms with van der Waals surface area (Å²) in [6, 6.07) is 11.0.